The second-order valence-corrected chi connectivity index (χ2v) is 6.72. The van der Waals surface area contributed by atoms with Crippen LogP contribution in [0.5, 0.6) is 0 Å². The number of nitrogens with one attached hydrogen (secondary N) is 1. The van der Waals surface area contributed by atoms with Crippen LogP contribution in [-0.4, -0.2) is 14.8 Å². The monoisotopic (exact) mass is 290 g/mol. The van der Waals surface area contributed by atoms with Crippen LogP contribution in [0.15, 0.2) is 6.20 Å². The van der Waals surface area contributed by atoms with E-state index in [9.17, 15) is 0 Å². The highest BCUT2D eigenvalue weighted by atomic mass is 32.1. The molecule has 0 spiro atoms. The number of rotatable bonds is 4. The maximum Gasteiger partial charge on any atom is 0.0900 e. The lowest BCUT2D eigenvalue weighted by Gasteiger charge is -2.24. The first-order valence-corrected chi connectivity index (χ1v) is 8.21. The molecule has 0 bridgehead atoms. The number of hydrogen-bond donors (Lipinski definition) is 1. The molecule has 2 aromatic heterocycles. The van der Waals surface area contributed by atoms with Crippen molar-refractivity contribution in [3.05, 3.63) is 33.0 Å². The Morgan fingerprint density at radius 3 is 3.00 bits per heavy atom. The lowest BCUT2D eigenvalue weighted by atomic mass is 9.93. The normalized spacial score (nSPS) is 18.2. The summed E-state index contributed by atoms with van der Waals surface area (Å²) in [4.78, 5) is 5.86. The lowest BCUT2D eigenvalue weighted by molar-refractivity contribution is 0.449. The first-order valence-electron chi connectivity index (χ1n) is 7.40. The van der Waals surface area contributed by atoms with Gasteiger partial charge in [0.05, 0.1) is 16.9 Å². The largest absolute Gasteiger partial charge is 0.305 e. The van der Waals surface area contributed by atoms with E-state index < -0.39 is 0 Å². The molecule has 0 saturated heterocycles. The summed E-state index contributed by atoms with van der Waals surface area (Å²) >= 11 is 1.80. The summed E-state index contributed by atoms with van der Waals surface area (Å²) in [5.74, 6) is 0. The summed E-state index contributed by atoms with van der Waals surface area (Å²) in [6.45, 7) is 8.22. The van der Waals surface area contributed by atoms with Crippen LogP contribution in [0.1, 0.15) is 52.6 Å². The Morgan fingerprint density at radius 2 is 2.30 bits per heavy atom. The third-order valence-electron chi connectivity index (χ3n) is 4.07. The Balaban J connectivity index is 1.73. The predicted molar refractivity (Wildman–Crippen MR) is 82.0 cm³/mol. The van der Waals surface area contributed by atoms with Gasteiger partial charge < -0.3 is 5.32 Å². The van der Waals surface area contributed by atoms with E-state index in [-0.39, 0.29) is 0 Å². The van der Waals surface area contributed by atoms with Crippen molar-refractivity contribution >= 4 is 11.3 Å². The molecule has 108 valence electrons. The Labute approximate surface area is 124 Å². The van der Waals surface area contributed by atoms with Crippen molar-refractivity contribution in [2.75, 3.05) is 0 Å². The molecular weight excluding hydrogens is 268 g/mol. The molecule has 0 aliphatic heterocycles. The molecule has 1 aliphatic rings. The zero-order valence-electron chi connectivity index (χ0n) is 12.4. The summed E-state index contributed by atoms with van der Waals surface area (Å²) in [7, 11) is 0. The van der Waals surface area contributed by atoms with E-state index in [1.54, 1.807) is 11.3 Å². The topological polar surface area (TPSA) is 42.7 Å². The number of thiazole rings is 1. The SMILES string of the molecule is CCn1ncc2c1CCCC2NCc1sc(C)nc1C. The zero-order chi connectivity index (χ0) is 14.1. The molecule has 1 N–H and O–H groups in total. The summed E-state index contributed by atoms with van der Waals surface area (Å²) in [5, 5.41) is 9.37. The number of aryl methyl sites for hydroxylation is 3. The van der Waals surface area contributed by atoms with Gasteiger partial charge in [-0.1, -0.05) is 0 Å². The quantitative estimate of drug-likeness (QED) is 0.940. The van der Waals surface area contributed by atoms with E-state index in [1.807, 2.05) is 0 Å². The van der Waals surface area contributed by atoms with Gasteiger partial charge in [-0.05, 0) is 40.0 Å². The van der Waals surface area contributed by atoms with E-state index in [4.69, 9.17) is 0 Å². The van der Waals surface area contributed by atoms with E-state index in [0.717, 1.165) is 18.1 Å². The van der Waals surface area contributed by atoms with Crippen LogP contribution in [0.25, 0.3) is 0 Å². The first kappa shape index (κ1) is 13.8. The van der Waals surface area contributed by atoms with Gasteiger partial charge in [0.15, 0.2) is 0 Å². The Kier molecular flexibility index (Phi) is 3.89. The van der Waals surface area contributed by atoms with Crippen LogP contribution in [0.2, 0.25) is 0 Å². The summed E-state index contributed by atoms with van der Waals surface area (Å²) < 4.78 is 2.14. The van der Waals surface area contributed by atoms with Crippen molar-refractivity contribution < 1.29 is 0 Å². The van der Waals surface area contributed by atoms with Gasteiger partial charge in [-0.2, -0.15) is 5.10 Å². The Bertz CT molecular complexity index is 599. The van der Waals surface area contributed by atoms with Gasteiger partial charge in [0, 0.05) is 35.3 Å². The molecule has 1 aliphatic carbocycles. The lowest BCUT2D eigenvalue weighted by Crippen LogP contribution is -2.25. The Morgan fingerprint density at radius 1 is 1.45 bits per heavy atom. The molecule has 4 nitrogen and oxygen atoms in total. The molecule has 1 atom stereocenters. The van der Waals surface area contributed by atoms with Gasteiger partial charge in [-0.25, -0.2) is 4.98 Å². The molecule has 0 fully saturated rings. The van der Waals surface area contributed by atoms with E-state index in [2.05, 4.69) is 47.0 Å². The molecule has 0 saturated carbocycles. The van der Waals surface area contributed by atoms with Crippen LogP contribution in [0, 0.1) is 13.8 Å². The van der Waals surface area contributed by atoms with Crippen molar-refractivity contribution in [3.8, 4) is 0 Å². The third-order valence-corrected chi connectivity index (χ3v) is 5.14. The van der Waals surface area contributed by atoms with Gasteiger partial charge in [0.1, 0.15) is 0 Å². The fourth-order valence-corrected chi connectivity index (χ4v) is 3.94. The molecule has 3 rings (SSSR count). The summed E-state index contributed by atoms with van der Waals surface area (Å²) in [6, 6.07) is 0.445. The molecule has 2 heterocycles. The number of nitrogens with zero attached hydrogens (tertiary/aromatic N) is 3. The minimum atomic E-state index is 0.445. The zero-order valence-corrected chi connectivity index (χ0v) is 13.3. The van der Waals surface area contributed by atoms with Crippen molar-refractivity contribution in [1.29, 1.82) is 0 Å². The van der Waals surface area contributed by atoms with Gasteiger partial charge in [-0.3, -0.25) is 4.68 Å². The van der Waals surface area contributed by atoms with E-state index in [1.165, 1.54) is 41.1 Å². The summed E-state index contributed by atoms with van der Waals surface area (Å²) in [5.41, 5.74) is 3.99. The van der Waals surface area contributed by atoms with Crippen molar-refractivity contribution in [1.82, 2.24) is 20.1 Å². The number of hydrogen-bond acceptors (Lipinski definition) is 4. The maximum absolute atomic E-state index is 4.51. The molecule has 0 amide bonds. The molecule has 1 unspecified atom stereocenters. The molecule has 20 heavy (non-hydrogen) atoms. The minimum absolute atomic E-state index is 0.445. The second kappa shape index (κ2) is 5.66. The van der Waals surface area contributed by atoms with Gasteiger partial charge >= 0.3 is 0 Å². The first-order chi connectivity index (χ1) is 9.69. The van der Waals surface area contributed by atoms with Gasteiger partial charge in [-0.15, -0.1) is 11.3 Å². The number of aromatic nitrogens is 3. The van der Waals surface area contributed by atoms with Crippen LogP contribution in [-0.2, 0) is 19.5 Å². The molecule has 5 heteroatoms. The van der Waals surface area contributed by atoms with Crippen LogP contribution in [0.3, 0.4) is 0 Å². The fraction of sp³-hybridized carbons (Fsp3) is 0.600. The van der Waals surface area contributed by atoms with Crippen LogP contribution < -0.4 is 5.32 Å². The predicted octanol–water partition coefficient (Wildman–Crippen LogP) is 3.14. The standard InChI is InChI=1S/C15H22N4S/c1-4-19-14-7-5-6-13(12(14)8-17-19)16-9-15-10(2)18-11(3)20-15/h8,13,16H,4-7,9H2,1-3H3. The number of fused-ring (bicyclic) bond motifs is 1. The van der Waals surface area contributed by atoms with Gasteiger partial charge in [0.25, 0.3) is 0 Å². The fourth-order valence-electron chi connectivity index (χ4n) is 3.06. The minimum Gasteiger partial charge on any atom is -0.305 e. The van der Waals surface area contributed by atoms with Crippen LogP contribution >= 0.6 is 11.3 Å². The molecule has 0 aromatic carbocycles. The van der Waals surface area contributed by atoms with Crippen molar-refractivity contribution in [2.45, 2.75) is 59.2 Å². The average Bonchev–Trinajstić information content (AvgIpc) is 2.99. The second-order valence-electron chi connectivity index (χ2n) is 5.43. The molecule has 0 radical (unpaired) electrons. The highest BCUT2D eigenvalue weighted by Gasteiger charge is 2.23. The van der Waals surface area contributed by atoms with Gasteiger partial charge in [0.2, 0.25) is 0 Å². The van der Waals surface area contributed by atoms with Crippen LogP contribution in [0.4, 0.5) is 0 Å². The van der Waals surface area contributed by atoms with Crippen molar-refractivity contribution in [3.63, 3.8) is 0 Å². The average molecular weight is 290 g/mol. The third kappa shape index (κ3) is 2.52. The van der Waals surface area contributed by atoms with E-state index >= 15 is 0 Å². The summed E-state index contributed by atoms with van der Waals surface area (Å²) in [6.07, 6.45) is 5.68. The van der Waals surface area contributed by atoms with E-state index in [0.29, 0.717) is 6.04 Å². The van der Waals surface area contributed by atoms with Crippen molar-refractivity contribution in [2.24, 2.45) is 0 Å². The molecular formula is C15H22N4S. The Hall–Kier alpha value is -1.20. The molecule has 2 aromatic rings. The smallest absolute Gasteiger partial charge is 0.0900 e. The maximum atomic E-state index is 4.51. The highest BCUT2D eigenvalue weighted by molar-refractivity contribution is 7.11. The highest BCUT2D eigenvalue weighted by Crippen LogP contribution is 2.30.